The van der Waals surface area contributed by atoms with Gasteiger partial charge in [0.05, 0.1) is 0 Å². The van der Waals surface area contributed by atoms with Crippen molar-refractivity contribution in [3.63, 3.8) is 0 Å². The van der Waals surface area contributed by atoms with Crippen LogP contribution in [0, 0.1) is 0 Å². The Balaban J connectivity index is 1.84. The summed E-state index contributed by atoms with van der Waals surface area (Å²) in [4.78, 5) is 11.0. The van der Waals surface area contributed by atoms with E-state index in [2.05, 4.69) is 40.8 Å². The Morgan fingerprint density at radius 1 is 1.17 bits per heavy atom. The van der Waals surface area contributed by atoms with Crippen molar-refractivity contribution in [1.82, 2.24) is 9.97 Å². The van der Waals surface area contributed by atoms with E-state index in [1.54, 1.807) is 6.33 Å². The highest BCUT2D eigenvalue weighted by Crippen LogP contribution is 2.35. The number of rotatable bonds is 5. The second kappa shape index (κ2) is 7.51. The summed E-state index contributed by atoms with van der Waals surface area (Å²) in [6.07, 6.45) is 7.28. The lowest BCUT2D eigenvalue weighted by Gasteiger charge is -2.36. The van der Waals surface area contributed by atoms with Crippen molar-refractivity contribution in [2.45, 2.75) is 52.0 Å². The fourth-order valence-electron chi connectivity index (χ4n) is 3.29. The van der Waals surface area contributed by atoms with E-state index in [1.165, 1.54) is 24.8 Å². The first kappa shape index (κ1) is 16.6. The average molecular weight is 326 g/mol. The van der Waals surface area contributed by atoms with E-state index in [1.807, 2.05) is 12.1 Å². The molecule has 1 fully saturated rings. The van der Waals surface area contributed by atoms with Gasteiger partial charge in [-0.2, -0.15) is 4.98 Å². The number of piperidine rings is 1. The summed E-state index contributed by atoms with van der Waals surface area (Å²) >= 11 is 0. The predicted molar refractivity (Wildman–Crippen MR) is 97.6 cm³/mol. The van der Waals surface area contributed by atoms with Crippen LogP contribution in [-0.2, 0) is 6.42 Å². The molecule has 0 spiro atoms. The lowest BCUT2D eigenvalue weighted by Crippen LogP contribution is -2.40. The molecule has 0 amide bonds. The molecule has 1 unspecified atom stereocenters. The third-order valence-electron chi connectivity index (χ3n) is 4.74. The summed E-state index contributed by atoms with van der Waals surface area (Å²) in [5.74, 6) is 1.98. The quantitative estimate of drug-likeness (QED) is 0.893. The van der Waals surface area contributed by atoms with E-state index in [-0.39, 0.29) is 0 Å². The van der Waals surface area contributed by atoms with E-state index in [9.17, 15) is 0 Å². The van der Waals surface area contributed by atoms with Crippen LogP contribution >= 0.6 is 0 Å². The van der Waals surface area contributed by atoms with Crippen molar-refractivity contribution in [2.75, 3.05) is 17.2 Å². The minimum absolute atomic E-state index is 0.435. The predicted octanol–water partition coefficient (Wildman–Crippen LogP) is 4.18. The van der Waals surface area contributed by atoms with Gasteiger partial charge < -0.3 is 15.4 Å². The Morgan fingerprint density at radius 3 is 2.67 bits per heavy atom. The number of aryl methyl sites for hydroxylation is 1. The van der Waals surface area contributed by atoms with Crippen LogP contribution in [0.1, 0.15) is 45.1 Å². The largest absolute Gasteiger partial charge is 0.437 e. The van der Waals surface area contributed by atoms with Gasteiger partial charge in [0.15, 0.2) is 5.82 Å². The molecule has 3 rings (SSSR count). The number of nitrogens with two attached hydrogens (primary N) is 1. The Bertz CT molecular complexity index is 672. The summed E-state index contributed by atoms with van der Waals surface area (Å²) in [5, 5.41) is 0. The number of nitrogens with zero attached hydrogens (tertiary/aromatic N) is 3. The van der Waals surface area contributed by atoms with Crippen molar-refractivity contribution in [2.24, 2.45) is 0 Å². The lowest BCUT2D eigenvalue weighted by molar-refractivity contribution is 0.442. The second-order valence-electron chi connectivity index (χ2n) is 6.27. The summed E-state index contributed by atoms with van der Waals surface area (Å²) in [6, 6.07) is 8.52. The fourth-order valence-corrected chi connectivity index (χ4v) is 3.29. The Hall–Kier alpha value is -2.30. The molecule has 0 saturated carbocycles. The summed E-state index contributed by atoms with van der Waals surface area (Å²) in [7, 11) is 0. The van der Waals surface area contributed by atoms with Crippen LogP contribution in [0.4, 0.5) is 11.5 Å². The van der Waals surface area contributed by atoms with Crippen LogP contribution in [0.5, 0.6) is 11.6 Å². The van der Waals surface area contributed by atoms with E-state index in [0.717, 1.165) is 31.0 Å². The molecule has 0 radical (unpaired) electrons. The van der Waals surface area contributed by atoms with E-state index < -0.39 is 0 Å². The zero-order valence-corrected chi connectivity index (χ0v) is 14.5. The smallest absolute Gasteiger partial charge is 0.248 e. The maximum Gasteiger partial charge on any atom is 0.248 e. The second-order valence-corrected chi connectivity index (χ2v) is 6.27. The molecule has 1 atom stereocenters. The molecule has 1 saturated heterocycles. The normalized spacial score (nSPS) is 17.8. The van der Waals surface area contributed by atoms with Gasteiger partial charge in [0.25, 0.3) is 0 Å². The van der Waals surface area contributed by atoms with Crippen LogP contribution in [-0.4, -0.2) is 22.6 Å². The first-order valence-electron chi connectivity index (χ1n) is 8.86. The molecular formula is C19H26N4O. The number of benzene rings is 1. The molecule has 0 aliphatic carbocycles. The molecule has 5 nitrogen and oxygen atoms in total. The van der Waals surface area contributed by atoms with Gasteiger partial charge in [-0.05, 0) is 49.8 Å². The molecule has 1 aromatic heterocycles. The van der Waals surface area contributed by atoms with Gasteiger partial charge in [0.2, 0.25) is 5.88 Å². The minimum atomic E-state index is 0.435. The minimum Gasteiger partial charge on any atom is -0.437 e. The molecule has 24 heavy (non-hydrogen) atoms. The lowest BCUT2D eigenvalue weighted by atomic mass is 10.00. The molecule has 2 N–H and O–H groups in total. The third-order valence-corrected chi connectivity index (χ3v) is 4.74. The number of ether oxygens (including phenoxy) is 1. The van der Waals surface area contributed by atoms with Crippen molar-refractivity contribution in [3.8, 4) is 11.6 Å². The van der Waals surface area contributed by atoms with Gasteiger partial charge in [0, 0.05) is 12.6 Å². The molecular weight excluding hydrogens is 300 g/mol. The highest BCUT2D eigenvalue weighted by molar-refractivity contribution is 5.68. The number of hydrogen-bond donors (Lipinski definition) is 1. The van der Waals surface area contributed by atoms with Gasteiger partial charge in [-0.25, -0.2) is 4.98 Å². The van der Waals surface area contributed by atoms with Crippen molar-refractivity contribution in [3.05, 3.63) is 36.2 Å². The molecule has 0 bridgehead atoms. The highest BCUT2D eigenvalue weighted by Gasteiger charge is 2.25. The van der Waals surface area contributed by atoms with E-state index in [4.69, 9.17) is 10.5 Å². The maximum absolute atomic E-state index is 6.34. The standard InChI is InChI=1S/C19H26N4O/c1-3-14-8-10-16(11-9-14)24-19-17(20)18(21-13-22-19)23-12-6-5-7-15(23)4-2/h8-11,13,15H,3-7,12,20H2,1-2H3. The zero-order chi connectivity index (χ0) is 16.9. The van der Waals surface area contributed by atoms with E-state index >= 15 is 0 Å². The van der Waals surface area contributed by atoms with Gasteiger partial charge >= 0.3 is 0 Å². The summed E-state index contributed by atoms with van der Waals surface area (Å²) in [6.45, 7) is 5.34. The SMILES string of the molecule is CCc1ccc(Oc2ncnc(N3CCCCC3CC)c2N)cc1. The molecule has 5 heteroatoms. The fraction of sp³-hybridized carbons (Fsp3) is 0.474. The molecule has 128 valence electrons. The number of hydrogen-bond acceptors (Lipinski definition) is 5. The van der Waals surface area contributed by atoms with Crippen molar-refractivity contribution in [1.29, 1.82) is 0 Å². The topological polar surface area (TPSA) is 64.3 Å². The van der Waals surface area contributed by atoms with Gasteiger partial charge in [0.1, 0.15) is 17.8 Å². The monoisotopic (exact) mass is 326 g/mol. The maximum atomic E-state index is 6.34. The van der Waals surface area contributed by atoms with E-state index in [0.29, 0.717) is 17.6 Å². The molecule has 2 heterocycles. The number of aromatic nitrogens is 2. The average Bonchev–Trinajstić information content (AvgIpc) is 2.64. The summed E-state index contributed by atoms with van der Waals surface area (Å²) < 4.78 is 5.91. The molecule has 1 aromatic carbocycles. The summed E-state index contributed by atoms with van der Waals surface area (Å²) in [5.41, 5.74) is 8.14. The van der Waals surface area contributed by atoms with Gasteiger partial charge in [-0.3, -0.25) is 0 Å². The van der Waals surface area contributed by atoms with Crippen molar-refractivity contribution < 1.29 is 4.74 Å². The van der Waals surface area contributed by atoms with Crippen LogP contribution in [0.25, 0.3) is 0 Å². The first-order chi connectivity index (χ1) is 11.7. The first-order valence-corrected chi connectivity index (χ1v) is 8.86. The van der Waals surface area contributed by atoms with Crippen molar-refractivity contribution >= 4 is 11.5 Å². The molecule has 1 aliphatic rings. The van der Waals surface area contributed by atoms with Crippen LogP contribution in [0.15, 0.2) is 30.6 Å². The zero-order valence-electron chi connectivity index (χ0n) is 14.5. The number of anilines is 2. The van der Waals surface area contributed by atoms with Crippen LogP contribution in [0.2, 0.25) is 0 Å². The van der Waals surface area contributed by atoms with Crippen LogP contribution < -0.4 is 15.4 Å². The van der Waals surface area contributed by atoms with Gasteiger partial charge in [-0.1, -0.05) is 26.0 Å². The third kappa shape index (κ3) is 3.45. The Labute approximate surface area is 143 Å². The van der Waals surface area contributed by atoms with Crippen LogP contribution in [0.3, 0.4) is 0 Å². The Morgan fingerprint density at radius 2 is 1.96 bits per heavy atom. The Kier molecular flexibility index (Phi) is 5.18. The number of nitrogen functional groups attached to an aromatic ring is 1. The van der Waals surface area contributed by atoms with Gasteiger partial charge in [-0.15, -0.1) is 0 Å². The molecule has 2 aromatic rings. The molecule has 1 aliphatic heterocycles. The highest BCUT2D eigenvalue weighted by atomic mass is 16.5.